The van der Waals surface area contributed by atoms with Crippen molar-refractivity contribution in [2.24, 2.45) is 0 Å². The predicted molar refractivity (Wildman–Crippen MR) is 41.8 cm³/mol. The summed E-state index contributed by atoms with van der Waals surface area (Å²) < 4.78 is 4.83. The molecule has 3 heteroatoms. The molecule has 10 heavy (non-hydrogen) atoms. The molecule has 0 saturated carbocycles. The first-order valence-electron chi connectivity index (χ1n) is 3.26. The van der Waals surface area contributed by atoms with Crippen molar-refractivity contribution < 1.29 is 9.53 Å². The van der Waals surface area contributed by atoms with Gasteiger partial charge in [-0.2, -0.15) is 0 Å². The number of esters is 1. The van der Waals surface area contributed by atoms with E-state index in [1.165, 1.54) is 5.57 Å². The standard InChI is InChI=1S/C7H9BrO2/c8-5-6-1-2-7(9)10-4-3-6/h5H,1-4H2/b6-5-. The lowest BCUT2D eigenvalue weighted by Gasteiger charge is -1.95. The quantitative estimate of drug-likeness (QED) is 0.565. The normalized spacial score (nSPS) is 24.1. The van der Waals surface area contributed by atoms with E-state index in [4.69, 9.17) is 4.74 Å². The van der Waals surface area contributed by atoms with Crippen LogP contribution in [0.25, 0.3) is 0 Å². The Bertz CT molecular complexity index is 163. The minimum Gasteiger partial charge on any atom is -0.465 e. The van der Waals surface area contributed by atoms with Gasteiger partial charge in [-0.3, -0.25) is 4.79 Å². The molecule has 1 aliphatic heterocycles. The SMILES string of the molecule is O=C1CC/C(=C/Br)CCO1. The van der Waals surface area contributed by atoms with E-state index in [-0.39, 0.29) is 5.97 Å². The average Bonchev–Trinajstić information content (AvgIpc) is 2.14. The topological polar surface area (TPSA) is 26.3 Å². The average molecular weight is 205 g/mol. The van der Waals surface area contributed by atoms with Crippen LogP contribution < -0.4 is 0 Å². The highest BCUT2D eigenvalue weighted by molar-refractivity contribution is 9.11. The molecule has 56 valence electrons. The van der Waals surface area contributed by atoms with E-state index in [9.17, 15) is 4.79 Å². The predicted octanol–water partition coefficient (Wildman–Crippen LogP) is 1.99. The number of halogens is 1. The summed E-state index contributed by atoms with van der Waals surface area (Å²) in [5.74, 6) is -0.0793. The molecule has 0 aliphatic carbocycles. The molecule has 1 rings (SSSR count). The van der Waals surface area contributed by atoms with Crippen LogP contribution in [0.15, 0.2) is 10.6 Å². The van der Waals surface area contributed by atoms with Gasteiger partial charge in [-0.05, 0) is 11.4 Å². The van der Waals surface area contributed by atoms with Crippen LogP contribution in [0.1, 0.15) is 19.3 Å². The van der Waals surface area contributed by atoms with Crippen molar-refractivity contribution >= 4 is 21.9 Å². The van der Waals surface area contributed by atoms with Gasteiger partial charge in [0.15, 0.2) is 0 Å². The number of carbonyl (C=O) groups is 1. The molecule has 0 spiro atoms. The van der Waals surface area contributed by atoms with Crippen LogP contribution in [0.4, 0.5) is 0 Å². The minimum atomic E-state index is -0.0793. The van der Waals surface area contributed by atoms with Gasteiger partial charge >= 0.3 is 5.97 Å². The fraction of sp³-hybridized carbons (Fsp3) is 0.571. The summed E-state index contributed by atoms with van der Waals surface area (Å²) in [7, 11) is 0. The molecular formula is C7H9BrO2. The maximum atomic E-state index is 10.7. The number of carbonyl (C=O) groups excluding carboxylic acids is 1. The molecule has 0 unspecified atom stereocenters. The van der Waals surface area contributed by atoms with Gasteiger partial charge in [0.1, 0.15) is 0 Å². The molecule has 1 fully saturated rings. The van der Waals surface area contributed by atoms with E-state index in [1.807, 2.05) is 4.99 Å². The molecule has 0 aromatic rings. The van der Waals surface area contributed by atoms with Crippen molar-refractivity contribution in [3.8, 4) is 0 Å². The summed E-state index contributed by atoms with van der Waals surface area (Å²) in [5.41, 5.74) is 1.26. The maximum absolute atomic E-state index is 10.7. The second-order valence-corrected chi connectivity index (χ2v) is 2.70. The summed E-state index contributed by atoms with van der Waals surface area (Å²) in [6.45, 7) is 0.538. The highest BCUT2D eigenvalue weighted by Gasteiger charge is 2.10. The van der Waals surface area contributed by atoms with E-state index in [1.54, 1.807) is 0 Å². The maximum Gasteiger partial charge on any atom is 0.306 e. The number of rotatable bonds is 0. The Labute approximate surface area is 68.4 Å². The Morgan fingerprint density at radius 3 is 2.90 bits per heavy atom. The Kier molecular flexibility index (Phi) is 2.93. The number of hydrogen-bond acceptors (Lipinski definition) is 2. The third-order valence-electron chi connectivity index (χ3n) is 1.49. The van der Waals surface area contributed by atoms with Gasteiger partial charge in [0.2, 0.25) is 0 Å². The van der Waals surface area contributed by atoms with Crippen LogP contribution in [-0.4, -0.2) is 12.6 Å². The Balaban J connectivity index is 2.48. The molecule has 0 radical (unpaired) electrons. The van der Waals surface area contributed by atoms with E-state index in [0.29, 0.717) is 13.0 Å². The first kappa shape index (κ1) is 7.79. The van der Waals surface area contributed by atoms with Gasteiger partial charge in [0, 0.05) is 12.8 Å². The third-order valence-corrected chi connectivity index (χ3v) is 2.14. The third kappa shape index (κ3) is 2.14. The molecular weight excluding hydrogens is 196 g/mol. The van der Waals surface area contributed by atoms with Gasteiger partial charge in [-0.15, -0.1) is 0 Å². The van der Waals surface area contributed by atoms with Crippen molar-refractivity contribution in [2.75, 3.05) is 6.61 Å². The Morgan fingerprint density at radius 2 is 2.20 bits per heavy atom. The lowest BCUT2D eigenvalue weighted by atomic mass is 10.1. The lowest BCUT2D eigenvalue weighted by molar-refractivity contribution is -0.142. The molecule has 0 aromatic carbocycles. The van der Waals surface area contributed by atoms with Crippen molar-refractivity contribution in [3.05, 3.63) is 10.6 Å². The van der Waals surface area contributed by atoms with Crippen molar-refractivity contribution in [1.82, 2.24) is 0 Å². The highest BCUT2D eigenvalue weighted by Crippen LogP contribution is 2.16. The zero-order chi connectivity index (χ0) is 7.40. The van der Waals surface area contributed by atoms with Crippen LogP contribution in [0, 0.1) is 0 Å². The second kappa shape index (κ2) is 3.76. The summed E-state index contributed by atoms with van der Waals surface area (Å²) in [6, 6.07) is 0. The van der Waals surface area contributed by atoms with Crippen molar-refractivity contribution in [3.63, 3.8) is 0 Å². The van der Waals surface area contributed by atoms with Gasteiger partial charge < -0.3 is 4.74 Å². The first-order valence-corrected chi connectivity index (χ1v) is 4.18. The number of hydrogen-bond donors (Lipinski definition) is 0. The summed E-state index contributed by atoms with van der Waals surface area (Å²) in [4.78, 5) is 12.6. The van der Waals surface area contributed by atoms with Crippen LogP contribution in [-0.2, 0) is 9.53 Å². The highest BCUT2D eigenvalue weighted by atomic mass is 79.9. The first-order chi connectivity index (χ1) is 4.83. The minimum absolute atomic E-state index is 0.0793. The second-order valence-electron chi connectivity index (χ2n) is 2.24. The van der Waals surface area contributed by atoms with Gasteiger partial charge in [0.05, 0.1) is 6.61 Å². The Morgan fingerprint density at radius 1 is 1.40 bits per heavy atom. The molecule has 0 aromatic heterocycles. The molecule has 0 atom stereocenters. The molecule has 0 bridgehead atoms. The van der Waals surface area contributed by atoms with E-state index in [2.05, 4.69) is 15.9 Å². The Hall–Kier alpha value is -0.310. The van der Waals surface area contributed by atoms with Crippen LogP contribution in [0.5, 0.6) is 0 Å². The lowest BCUT2D eigenvalue weighted by Crippen LogP contribution is -2.00. The fourth-order valence-electron chi connectivity index (χ4n) is 0.865. The van der Waals surface area contributed by atoms with Crippen LogP contribution >= 0.6 is 15.9 Å². The van der Waals surface area contributed by atoms with Crippen molar-refractivity contribution in [2.45, 2.75) is 19.3 Å². The largest absolute Gasteiger partial charge is 0.465 e. The monoisotopic (exact) mass is 204 g/mol. The summed E-state index contributed by atoms with van der Waals surface area (Å²) >= 11 is 3.24. The van der Waals surface area contributed by atoms with E-state index in [0.717, 1.165) is 12.8 Å². The van der Waals surface area contributed by atoms with Gasteiger partial charge in [-0.25, -0.2) is 0 Å². The molecule has 0 N–H and O–H groups in total. The van der Waals surface area contributed by atoms with Gasteiger partial charge in [0.25, 0.3) is 0 Å². The van der Waals surface area contributed by atoms with Gasteiger partial charge in [-0.1, -0.05) is 21.5 Å². The zero-order valence-corrected chi connectivity index (χ0v) is 7.19. The summed E-state index contributed by atoms with van der Waals surface area (Å²) in [6.07, 6.45) is 2.23. The van der Waals surface area contributed by atoms with E-state index < -0.39 is 0 Å². The molecule has 1 heterocycles. The fourth-order valence-corrected chi connectivity index (χ4v) is 1.32. The van der Waals surface area contributed by atoms with Crippen LogP contribution in [0.2, 0.25) is 0 Å². The molecule has 1 aliphatic rings. The smallest absolute Gasteiger partial charge is 0.306 e. The van der Waals surface area contributed by atoms with Crippen molar-refractivity contribution in [1.29, 1.82) is 0 Å². The number of ether oxygens (including phenoxy) is 1. The molecule has 1 saturated heterocycles. The summed E-state index contributed by atoms with van der Waals surface area (Å²) in [5, 5.41) is 0. The van der Waals surface area contributed by atoms with E-state index >= 15 is 0 Å². The molecule has 0 amide bonds. The molecule has 2 nitrogen and oxygen atoms in total. The zero-order valence-electron chi connectivity index (χ0n) is 5.60. The number of cyclic esters (lactones) is 1. The van der Waals surface area contributed by atoms with Crippen LogP contribution in [0.3, 0.4) is 0 Å².